The zero-order valence-corrected chi connectivity index (χ0v) is 14.2. The van der Waals surface area contributed by atoms with E-state index >= 15 is 0 Å². The molecule has 1 amide bonds. The zero-order valence-electron chi connectivity index (χ0n) is 14.2. The summed E-state index contributed by atoms with van der Waals surface area (Å²) in [5, 5.41) is 3.23. The molecule has 4 heteroatoms. The van der Waals surface area contributed by atoms with Crippen molar-refractivity contribution in [3.8, 4) is 0 Å². The molecule has 0 fully saturated rings. The molecule has 2 unspecified atom stereocenters. The highest BCUT2D eigenvalue weighted by Crippen LogP contribution is 2.14. The molecular formula is C16H35N3O. The van der Waals surface area contributed by atoms with Gasteiger partial charge in [0.05, 0.1) is 5.54 Å². The summed E-state index contributed by atoms with van der Waals surface area (Å²) in [5.41, 5.74) is 4.96. The smallest absolute Gasteiger partial charge is 0.237 e. The van der Waals surface area contributed by atoms with Crippen molar-refractivity contribution in [2.75, 3.05) is 19.6 Å². The van der Waals surface area contributed by atoms with Gasteiger partial charge in [-0.25, -0.2) is 0 Å². The van der Waals surface area contributed by atoms with Gasteiger partial charge in [-0.3, -0.25) is 4.79 Å². The van der Waals surface area contributed by atoms with Crippen LogP contribution in [-0.4, -0.2) is 42.0 Å². The molecule has 4 nitrogen and oxygen atoms in total. The van der Waals surface area contributed by atoms with Crippen LogP contribution in [0.25, 0.3) is 0 Å². The Balaban J connectivity index is 4.35. The summed E-state index contributed by atoms with van der Waals surface area (Å²) in [5.74, 6) is -0.247. The number of unbranched alkanes of at least 4 members (excludes halogenated alkanes) is 1. The SMILES string of the molecule is CCCCN(CCCC(C)(NCC)C(N)=O)C(C)CC. The fraction of sp³-hybridized carbons (Fsp3) is 0.938. The lowest BCUT2D eigenvalue weighted by Crippen LogP contribution is -2.53. The minimum Gasteiger partial charge on any atom is -0.368 e. The molecule has 0 rings (SSSR count). The van der Waals surface area contributed by atoms with Crippen molar-refractivity contribution in [1.82, 2.24) is 10.2 Å². The molecule has 0 aromatic carbocycles. The molecule has 20 heavy (non-hydrogen) atoms. The monoisotopic (exact) mass is 285 g/mol. The minimum atomic E-state index is -0.569. The lowest BCUT2D eigenvalue weighted by Gasteiger charge is -2.31. The molecule has 120 valence electrons. The predicted octanol–water partition coefficient (Wildman–Crippen LogP) is 2.52. The normalized spacial score (nSPS) is 16.1. The third-order valence-corrected chi connectivity index (χ3v) is 4.25. The number of hydrogen-bond acceptors (Lipinski definition) is 3. The van der Waals surface area contributed by atoms with Gasteiger partial charge in [0.1, 0.15) is 0 Å². The Morgan fingerprint density at radius 2 is 1.85 bits per heavy atom. The standard InChI is InChI=1S/C16H35N3O/c1-6-9-12-19(14(4)7-2)13-10-11-16(5,15(17)20)18-8-3/h14,18H,6-13H2,1-5H3,(H2,17,20). The molecule has 0 saturated carbocycles. The number of primary amides is 1. The molecule has 0 saturated heterocycles. The Hall–Kier alpha value is -0.610. The van der Waals surface area contributed by atoms with Gasteiger partial charge in [-0.1, -0.05) is 27.2 Å². The van der Waals surface area contributed by atoms with Crippen LogP contribution < -0.4 is 11.1 Å². The maximum atomic E-state index is 11.6. The Morgan fingerprint density at radius 3 is 2.30 bits per heavy atom. The number of nitrogens with one attached hydrogen (secondary N) is 1. The van der Waals surface area contributed by atoms with Gasteiger partial charge < -0.3 is 16.0 Å². The van der Waals surface area contributed by atoms with Gasteiger partial charge in [0, 0.05) is 6.04 Å². The van der Waals surface area contributed by atoms with Crippen LogP contribution in [0.15, 0.2) is 0 Å². The van der Waals surface area contributed by atoms with Gasteiger partial charge in [0.25, 0.3) is 0 Å². The number of carbonyl (C=O) groups excluding carboxylic acids is 1. The second-order valence-electron chi connectivity index (χ2n) is 5.98. The zero-order chi connectivity index (χ0) is 15.6. The van der Waals surface area contributed by atoms with Gasteiger partial charge in [-0.15, -0.1) is 0 Å². The van der Waals surface area contributed by atoms with Gasteiger partial charge >= 0.3 is 0 Å². The Bertz CT molecular complexity index is 270. The summed E-state index contributed by atoms with van der Waals surface area (Å²) < 4.78 is 0. The molecule has 0 aliphatic rings. The fourth-order valence-electron chi connectivity index (χ4n) is 2.50. The van der Waals surface area contributed by atoms with E-state index < -0.39 is 5.54 Å². The number of likely N-dealkylation sites (N-methyl/N-ethyl adjacent to an activating group) is 1. The first-order valence-corrected chi connectivity index (χ1v) is 8.20. The van der Waals surface area contributed by atoms with E-state index in [1.165, 1.54) is 19.3 Å². The van der Waals surface area contributed by atoms with Crippen LogP contribution in [0.5, 0.6) is 0 Å². The topological polar surface area (TPSA) is 58.4 Å². The molecule has 0 aliphatic heterocycles. The first-order chi connectivity index (χ1) is 9.41. The van der Waals surface area contributed by atoms with Gasteiger partial charge in [0.2, 0.25) is 5.91 Å². The van der Waals surface area contributed by atoms with Crippen molar-refractivity contribution in [2.24, 2.45) is 5.73 Å². The van der Waals surface area contributed by atoms with Crippen molar-refractivity contribution in [3.63, 3.8) is 0 Å². The molecule has 2 atom stereocenters. The molecule has 3 N–H and O–H groups in total. The lowest BCUT2D eigenvalue weighted by atomic mass is 9.94. The number of rotatable bonds is 12. The number of nitrogens with zero attached hydrogens (tertiary/aromatic N) is 1. The summed E-state index contributed by atoms with van der Waals surface area (Å²) in [6, 6.07) is 0.612. The largest absolute Gasteiger partial charge is 0.368 e. The molecule has 0 radical (unpaired) electrons. The van der Waals surface area contributed by atoms with Gasteiger partial charge in [0.15, 0.2) is 0 Å². The van der Waals surface area contributed by atoms with Crippen LogP contribution in [-0.2, 0) is 4.79 Å². The predicted molar refractivity (Wildman–Crippen MR) is 86.7 cm³/mol. The van der Waals surface area contributed by atoms with E-state index in [9.17, 15) is 4.79 Å². The summed E-state index contributed by atoms with van der Waals surface area (Å²) in [6.07, 6.45) is 5.44. The Morgan fingerprint density at radius 1 is 1.25 bits per heavy atom. The van der Waals surface area contributed by atoms with E-state index in [0.717, 1.165) is 32.5 Å². The minimum absolute atomic E-state index is 0.247. The summed E-state index contributed by atoms with van der Waals surface area (Å²) in [6.45, 7) is 13.6. The van der Waals surface area contributed by atoms with E-state index in [1.54, 1.807) is 0 Å². The fourth-order valence-corrected chi connectivity index (χ4v) is 2.50. The van der Waals surface area contributed by atoms with E-state index in [4.69, 9.17) is 5.73 Å². The highest BCUT2D eigenvalue weighted by Gasteiger charge is 2.29. The van der Waals surface area contributed by atoms with E-state index in [1.807, 2.05) is 13.8 Å². The maximum absolute atomic E-state index is 11.6. The second-order valence-corrected chi connectivity index (χ2v) is 5.98. The summed E-state index contributed by atoms with van der Waals surface area (Å²) in [7, 11) is 0. The highest BCUT2D eigenvalue weighted by atomic mass is 16.1. The van der Waals surface area contributed by atoms with E-state index in [0.29, 0.717) is 6.04 Å². The van der Waals surface area contributed by atoms with Crippen LogP contribution in [0.4, 0.5) is 0 Å². The van der Waals surface area contributed by atoms with Gasteiger partial charge in [-0.2, -0.15) is 0 Å². The van der Waals surface area contributed by atoms with Crippen LogP contribution in [0.3, 0.4) is 0 Å². The third-order valence-electron chi connectivity index (χ3n) is 4.25. The molecule has 0 aromatic heterocycles. The quantitative estimate of drug-likeness (QED) is 0.579. The number of amides is 1. The Labute approximate surface area is 125 Å². The molecular weight excluding hydrogens is 250 g/mol. The average Bonchev–Trinajstić information content (AvgIpc) is 2.41. The molecule has 0 spiro atoms. The third kappa shape index (κ3) is 6.71. The lowest BCUT2D eigenvalue weighted by molar-refractivity contribution is -0.124. The van der Waals surface area contributed by atoms with Crippen molar-refractivity contribution in [3.05, 3.63) is 0 Å². The first kappa shape index (κ1) is 19.4. The first-order valence-electron chi connectivity index (χ1n) is 8.20. The van der Waals surface area contributed by atoms with Crippen LogP contribution >= 0.6 is 0 Å². The second kappa shape index (κ2) is 10.2. The van der Waals surface area contributed by atoms with Crippen LogP contribution in [0.1, 0.15) is 66.7 Å². The highest BCUT2D eigenvalue weighted by molar-refractivity contribution is 5.84. The van der Waals surface area contributed by atoms with E-state index in [2.05, 4.69) is 31.0 Å². The van der Waals surface area contributed by atoms with Crippen molar-refractivity contribution < 1.29 is 4.79 Å². The van der Waals surface area contributed by atoms with Gasteiger partial charge in [-0.05, 0) is 59.2 Å². The van der Waals surface area contributed by atoms with Crippen molar-refractivity contribution >= 4 is 5.91 Å². The number of nitrogens with two attached hydrogens (primary N) is 1. The van der Waals surface area contributed by atoms with Crippen molar-refractivity contribution in [1.29, 1.82) is 0 Å². The van der Waals surface area contributed by atoms with Crippen LogP contribution in [0.2, 0.25) is 0 Å². The summed E-state index contributed by atoms with van der Waals surface area (Å²) >= 11 is 0. The van der Waals surface area contributed by atoms with E-state index in [-0.39, 0.29) is 5.91 Å². The molecule has 0 aromatic rings. The molecule has 0 heterocycles. The van der Waals surface area contributed by atoms with Crippen molar-refractivity contribution in [2.45, 2.75) is 78.3 Å². The molecule has 0 aliphatic carbocycles. The maximum Gasteiger partial charge on any atom is 0.237 e. The average molecular weight is 285 g/mol. The number of carbonyl (C=O) groups is 1. The summed E-state index contributed by atoms with van der Waals surface area (Å²) in [4.78, 5) is 14.1. The Kier molecular flexibility index (Phi) is 9.86. The molecule has 0 bridgehead atoms. The van der Waals surface area contributed by atoms with Crippen LogP contribution in [0, 0.1) is 0 Å². The number of hydrogen-bond donors (Lipinski definition) is 2.